The Morgan fingerprint density at radius 1 is 1.62 bits per heavy atom. The molecule has 0 aromatic rings. The van der Waals surface area contributed by atoms with E-state index in [1.54, 1.807) is 25.2 Å². The van der Waals surface area contributed by atoms with E-state index in [0.29, 0.717) is 17.8 Å². The van der Waals surface area contributed by atoms with Gasteiger partial charge in [-0.15, -0.1) is 0 Å². The van der Waals surface area contributed by atoms with Crippen LogP contribution in [0.4, 0.5) is 0 Å². The molecular formula is C10H12N2O. The molecule has 2 N–H and O–H groups in total. The fourth-order valence-electron chi connectivity index (χ4n) is 0.933. The van der Waals surface area contributed by atoms with Gasteiger partial charge in [0.1, 0.15) is 0 Å². The molecule has 0 unspecified atom stereocenters. The zero-order valence-corrected chi connectivity index (χ0v) is 7.55. The minimum absolute atomic E-state index is 0.0842. The van der Waals surface area contributed by atoms with E-state index >= 15 is 0 Å². The van der Waals surface area contributed by atoms with Gasteiger partial charge in [0.05, 0.1) is 11.4 Å². The largest absolute Gasteiger partial charge is 0.324 e. The zero-order chi connectivity index (χ0) is 9.84. The number of hydrogen-bond donors (Lipinski definition) is 2. The van der Waals surface area contributed by atoms with E-state index in [1.807, 2.05) is 0 Å². The van der Waals surface area contributed by atoms with E-state index in [4.69, 9.17) is 5.41 Å². The summed E-state index contributed by atoms with van der Waals surface area (Å²) in [6.45, 7) is 5.49. The Hall–Kier alpha value is -1.64. The lowest BCUT2D eigenvalue weighted by Crippen LogP contribution is -2.26. The Kier molecular flexibility index (Phi) is 2.80. The summed E-state index contributed by atoms with van der Waals surface area (Å²) in [5.74, 6) is -0.0842. The predicted molar refractivity (Wildman–Crippen MR) is 52.5 cm³/mol. The van der Waals surface area contributed by atoms with Crippen molar-refractivity contribution in [2.45, 2.75) is 13.3 Å². The van der Waals surface area contributed by atoms with E-state index in [9.17, 15) is 4.79 Å². The molecule has 68 valence electrons. The molecule has 0 saturated carbocycles. The number of carbonyl (C=O) groups excluding carboxylic acids is 1. The van der Waals surface area contributed by atoms with Gasteiger partial charge in [-0.1, -0.05) is 19.6 Å². The minimum atomic E-state index is -0.0842. The first-order valence-electron chi connectivity index (χ1n) is 4.11. The van der Waals surface area contributed by atoms with Crippen molar-refractivity contribution in [2.75, 3.05) is 0 Å². The van der Waals surface area contributed by atoms with Gasteiger partial charge in [-0.2, -0.15) is 0 Å². The molecule has 0 aromatic heterocycles. The number of allylic oxidation sites excluding steroid dienone is 4. The predicted octanol–water partition coefficient (Wildman–Crippen LogP) is 1.54. The molecule has 3 heteroatoms. The number of rotatable bonds is 2. The van der Waals surface area contributed by atoms with Crippen molar-refractivity contribution in [3.8, 4) is 0 Å². The minimum Gasteiger partial charge on any atom is -0.324 e. The van der Waals surface area contributed by atoms with Gasteiger partial charge in [-0.3, -0.25) is 10.2 Å². The van der Waals surface area contributed by atoms with Crippen LogP contribution in [0.2, 0.25) is 0 Å². The summed E-state index contributed by atoms with van der Waals surface area (Å²) in [7, 11) is 0. The van der Waals surface area contributed by atoms with Crippen molar-refractivity contribution in [2.24, 2.45) is 0 Å². The van der Waals surface area contributed by atoms with Crippen molar-refractivity contribution >= 4 is 11.6 Å². The van der Waals surface area contributed by atoms with Gasteiger partial charge < -0.3 is 5.32 Å². The second kappa shape index (κ2) is 3.85. The highest BCUT2D eigenvalue weighted by Gasteiger charge is 2.08. The third kappa shape index (κ3) is 2.40. The normalized spacial score (nSPS) is 15.6. The Labute approximate surface area is 77.3 Å². The third-order valence-electron chi connectivity index (χ3n) is 1.68. The summed E-state index contributed by atoms with van der Waals surface area (Å²) in [5.41, 5.74) is 1.64. The molecule has 13 heavy (non-hydrogen) atoms. The van der Waals surface area contributed by atoms with Crippen LogP contribution >= 0.6 is 0 Å². The van der Waals surface area contributed by atoms with Gasteiger partial charge in [-0.05, 0) is 17.7 Å². The SMILES string of the molecule is C=C1C=CC(=N)C(NC(=O)CC)=C1. The molecule has 3 nitrogen and oxygen atoms in total. The van der Waals surface area contributed by atoms with Gasteiger partial charge >= 0.3 is 0 Å². The number of nitrogens with one attached hydrogen (secondary N) is 2. The molecule has 0 fully saturated rings. The van der Waals surface area contributed by atoms with Gasteiger partial charge in [0, 0.05) is 6.42 Å². The molecule has 0 heterocycles. The summed E-state index contributed by atoms with van der Waals surface area (Å²) >= 11 is 0. The lowest BCUT2D eigenvalue weighted by atomic mass is 10.1. The average molecular weight is 176 g/mol. The lowest BCUT2D eigenvalue weighted by Gasteiger charge is -2.11. The number of carbonyl (C=O) groups is 1. The molecule has 0 aliphatic heterocycles. The van der Waals surface area contributed by atoms with Crippen molar-refractivity contribution in [1.82, 2.24) is 5.32 Å². The highest BCUT2D eigenvalue weighted by atomic mass is 16.1. The first kappa shape index (κ1) is 9.45. The topological polar surface area (TPSA) is 53.0 Å². The molecule has 0 aromatic carbocycles. The van der Waals surface area contributed by atoms with Gasteiger partial charge in [0.2, 0.25) is 5.91 Å². The van der Waals surface area contributed by atoms with Crippen LogP contribution in [-0.2, 0) is 4.79 Å². The van der Waals surface area contributed by atoms with E-state index in [2.05, 4.69) is 11.9 Å². The smallest absolute Gasteiger partial charge is 0.224 e. The standard InChI is InChI=1S/C10H12N2O/c1-3-10(13)12-9-6-7(2)4-5-8(9)11/h4-6,11H,2-3H2,1H3,(H,12,13). The number of amides is 1. The monoisotopic (exact) mass is 176 g/mol. The highest BCUT2D eigenvalue weighted by Crippen LogP contribution is 2.08. The molecule has 1 aliphatic carbocycles. The summed E-state index contributed by atoms with van der Waals surface area (Å²) in [5, 5.41) is 10.1. The zero-order valence-electron chi connectivity index (χ0n) is 7.55. The number of hydrogen-bond acceptors (Lipinski definition) is 2. The van der Waals surface area contributed by atoms with E-state index < -0.39 is 0 Å². The maximum absolute atomic E-state index is 11.0. The van der Waals surface area contributed by atoms with Crippen molar-refractivity contribution in [3.05, 3.63) is 36.1 Å². The van der Waals surface area contributed by atoms with Crippen LogP contribution in [0.25, 0.3) is 0 Å². The molecule has 0 saturated heterocycles. The van der Waals surface area contributed by atoms with Crippen LogP contribution in [0.15, 0.2) is 36.1 Å². The molecule has 0 bridgehead atoms. The molecular weight excluding hydrogens is 164 g/mol. The first-order valence-corrected chi connectivity index (χ1v) is 4.11. The lowest BCUT2D eigenvalue weighted by molar-refractivity contribution is -0.119. The van der Waals surface area contributed by atoms with Gasteiger partial charge in [0.25, 0.3) is 0 Å². The van der Waals surface area contributed by atoms with Gasteiger partial charge in [-0.25, -0.2) is 0 Å². The summed E-state index contributed by atoms with van der Waals surface area (Å²) in [6.07, 6.45) is 5.47. The average Bonchev–Trinajstić information content (AvgIpc) is 2.11. The maximum atomic E-state index is 11.0. The van der Waals surface area contributed by atoms with E-state index in [1.165, 1.54) is 0 Å². The fraction of sp³-hybridized carbons (Fsp3) is 0.200. The van der Waals surface area contributed by atoms with Crippen LogP contribution < -0.4 is 5.32 Å². The molecule has 1 amide bonds. The van der Waals surface area contributed by atoms with Crippen molar-refractivity contribution in [3.63, 3.8) is 0 Å². The van der Waals surface area contributed by atoms with Crippen LogP contribution in [0.5, 0.6) is 0 Å². The van der Waals surface area contributed by atoms with Crippen LogP contribution in [-0.4, -0.2) is 11.6 Å². The highest BCUT2D eigenvalue weighted by molar-refractivity contribution is 6.09. The Balaban J connectivity index is 2.74. The molecule has 1 rings (SSSR count). The Bertz CT molecular complexity index is 324. The second-order valence-corrected chi connectivity index (χ2v) is 2.78. The molecule has 0 radical (unpaired) electrons. The Morgan fingerprint density at radius 3 is 2.92 bits per heavy atom. The van der Waals surface area contributed by atoms with Gasteiger partial charge in [0.15, 0.2) is 0 Å². The van der Waals surface area contributed by atoms with Crippen molar-refractivity contribution in [1.29, 1.82) is 5.41 Å². The summed E-state index contributed by atoms with van der Waals surface area (Å²) < 4.78 is 0. The van der Waals surface area contributed by atoms with Crippen molar-refractivity contribution < 1.29 is 4.79 Å². The quantitative estimate of drug-likeness (QED) is 0.658. The Morgan fingerprint density at radius 2 is 2.31 bits per heavy atom. The maximum Gasteiger partial charge on any atom is 0.224 e. The second-order valence-electron chi connectivity index (χ2n) is 2.78. The van der Waals surface area contributed by atoms with Crippen LogP contribution in [0.1, 0.15) is 13.3 Å². The summed E-state index contributed by atoms with van der Waals surface area (Å²) in [6, 6.07) is 0. The van der Waals surface area contributed by atoms with Crippen LogP contribution in [0.3, 0.4) is 0 Å². The van der Waals surface area contributed by atoms with E-state index in [-0.39, 0.29) is 5.91 Å². The summed E-state index contributed by atoms with van der Waals surface area (Å²) in [4.78, 5) is 11.0. The molecule has 1 aliphatic rings. The van der Waals surface area contributed by atoms with E-state index in [0.717, 1.165) is 5.57 Å². The van der Waals surface area contributed by atoms with Crippen LogP contribution in [0, 0.1) is 5.41 Å². The fourth-order valence-corrected chi connectivity index (χ4v) is 0.933. The first-order chi connectivity index (χ1) is 6.13. The molecule has 0 atom stereocenters. The molecule has 0 spiro atoms. The third-order valence-corrected chi connectivity index (χ3v) is 1.68.